The standard InChI is InChI=1S/C11H6ClFN2/c1-6-8-3-2-7(13)4-10(8)15-11(12)9(6)5-14/h2-4H,1H3. The van der Waals surface area contributed by atoms with E-state index in [1.165, 1.54) is 12.1 Å². The molecule has 1 aromatic carbocycles. The number of nitrogens with zero attached hydrogens (tertiary/aromatic N) is 2. The van der Waals surface area contributed by atoms with Crippen LogP contribution in [0.3, 0.4) is 0 Å². The van der Waals surface area contributed by atoms with E-state index in [1.807, 2.05) is 6.07 Å². The topological polar surface area (TPSA) is 36.7 Å². The van der Waals surface area contributed by atoms with E-state index >= 15 is 0 Å². The van der Waals surface area contributed by atoms with Crippen LogP contribution in [0.15, 0.2) is 18.2 Å². The van der Waals surface area contributed by atoms with Gasteiger partial charge in [-0.2, -0.15) is 5.26 Å². The highest BCUT2D eigenvalue weighted by atomic mass is 35.5. The molecule has 0 unspecified atom stereocenters. The van der Waals surface area contributed by atoms with Crippen molar-refractivity contribution in [1.82, 2.24) is 4.98 Å². The van der Waals surface area contributed by atoms with E-state index in [2.05, 4.69) is 4.98 Å². The number of pyridine rings is 1. The highest BCUT2D eigenvalue weighted by Crippen LogP contribution is 2.25. The number of benzene rings is 1. The molecule has 0 aliphatic rings. The second kappa shape index (κ2) is 3.48. The molecule has 0 aliphatic heterocycles. The third-order valence-electron chi connectivity index (χ3n) is 2.28. The lowest BCUT2D eigenvalue weighted by atomic mass is 10.1. The van der Waals surface area contributed by atoms with E-state index in [0.29, 0.717) is 11.1 Å². The van der Waals surface area contributed by atoms with E-state index in [-0.39, 0.29) is 11.0 Å². The van der Waals surface area contributed by atoms with Crippen molar-refractivity contribution in [3.8, 4) is 6.07 Å². The minimum atomic E-state index is -0.366. The van der Waals surface area contributed by atoms with Gasteiger partial charge < -0.3 is 0 Å². The van der Waals surface area contributed by atoms with Crippen molar-refractivity contribution < 1.29 is 4.39 Å². The molecule has 2 aromatic rings. The van der Waals surface area contributed by atoms with Crippen molar-refractivity contribution in [1.29, 1.82) is 5.26 Å². The average Bonchev–Trinajstić information content (AvgIpc) is 2.17. The third-order valence-corrected chi connectivity index (χ3v) is 2.55. The Hall–Kier alpha value is -1.66. The Morgan fingerprint density at radius 3 is 2.87 bits per heavy atom. The van der Waals surface area contributed by atoms with Gasteiger partial charge in [-0.1, -0.05) is 11.6 Å². The summed E-state index contributed by atoms with van der Waals surface area (Å²) in [4.78, 5) is 3.97. The summed E-state index contributed by atoms with van der Waals surface area (Å²) in [5, 5.41) is 9.73. The normalized spacial score (nSPS) is 10.3. The third kappa shape index (κ3) is 1.53. The molecule has 2 nitrogen and oxygen atoms in total. The Morgan fingerprint density at radius 1 is 1.47 bits per heavy atom. The van der Waals surface area contributed by atoms with Gasteiger partial charge in [0.1, 0.15) is 17.0 Å². The van der Waals surface area contributed by atoms with Crippen LogP contribution in [0.5, 0.6) is 0 Å². The fourth-order valence-corrected chi connectivity index (χ4v) is 1.77. The summed E-state index contributed by atoms with van der Waals surface area (Å²) in [6.45, 7) is 1.77. The molecule has 2 rings (SSSR count). The van der Waals surface area contributed by atoms with Crippen molar-refractivity contribution in [3.05, 3.63) is 40.3 Å². The second-order valence-electron chi connectivity index (χ2n) is 3.18. The summed E-state index contributed by atoms with van der Waals surface area (Å²) in [5.74, 6) is -0.366. The number of halogens is 2. The molecule has 74 valence electrons. The molecule has 0 saturated heterocycles. The molecule has 4 heteroatoms. The molecule has 0 radical (unpaired) electrons. The van der Waals surface area contributed by atoms with Crippen molar-refractivity contribution in [2.45, 2.75) is 6.92 Å². The first-order valence-corrected chi connectivity index (χ1v) is 4.66. The zero-order valence-electron chi connectivity index (χ0n) is 7.88. The van der Waals surface area contributed by atoms with Crippen LogP contribution in [-0.4, -0.2) is 4.98 Å². The summed E-state index contributed by atoms with van der Waals surface area (Å²) >= 11 is 5.80. The van der Waals surface area contributed by atoms with Crippen LogP contribution in [0.4, 0.5) is 4.39 Å². The molecule has 0 saturated carbocycles. The molecular formula is C11H6ClFN2. The first-order chi connectivity index (χ1) is 7.13. The van der Waals surface area contributed by atoms with Crippen LogP contribution >= 0.6 is 11.6 Å². The smallest absolute Gasteiger partial charge is 0.147 e. The number of hydrogen-bond acceptors (Lipinski definition) is 2. The first kappa shape index (κ1) is 9.88. The van der Waals surface area contributed by atoms with Crippen LogP contribution < -0.4 is 0 Å². The largest absolute Gasteiger partial charge is 0.235 e. The molecule has 15 heavy (non-hydrogen) atoms. The maximum Gasteiger partial charge on any atom is 0.147 e. The van der Waals surface area contributed by atoms with Gasteiger partial charge in [-0.3, -0.25) is 0 Å². The van der Waals surface area contributed by atoms with E-state index in [0.717, 1.165) is 10.9 Å². The van der Waals surface area contributed by atoms with Crippen molar-refractivity contribution in [2.75, 3.05) is 0 Å². The van der Waals surface area contributed by atoms with Crippen LogP contribution in [0, 0.1) is 24.1 Å². The van der Waals surface area contributed by atoms with E-state index in [1.54, 1.807) is 13.0 Å². The zero-order chi connectivity index (χ0) is 11.0. The number of nitriles is 1. The van der Waals surface area contributed by atoms with Crippen LogP contribution in [0.1, 0.15) is 11.1 Å². The Labute approximate surface area is 90.9 Å². The maximum absolute atomic E-state index is 12.9. The average molecular weight is 221 g/mol. The van der Waals surface area contributed by atoms with Gasteiger partial charge in [-0.15, -0.1) is 0 Å². The Kier molecular flexibility index (Phi) is 2.29. The van der Waals surface area contributed by atoms with E-state index in [4.69, 9.17) is 16.9 Å². The van der Waals surface area contributed by atoms with Gasteiger partial charge in [0.15, 0.2) is 0 Å². The Balaban J connectivity index is 2.92. The Morgan fingerprint density at radius 2 is 2.20 bits per heavy atom. The predicted octanol–water partition coefficient (Wildman–Crippen LogP) is 3.21. The first-order valence-electron chi connectivity index (χ1n) is 4.29. The summed E-state index contributed by atoms with van der Waals surface area (Å²) in [5.41, 5.74) is 1.54. The maximum atomic E-state index is 12.9. The SMILES string of the molecule is Cc1c(C#N)c(Cl)nc2cc(F)ccc12. The van der Waals surface area contributed by atoms with Gasteiger partial charge >= 0.3 is 0 Å². The number of rotatable bonds is 0. The molecule has 1 heterocycles. The lowest BCUT2D eigenvalue weighted by molar-refractivity contribution is 0.629. The van der Waals surface area contributed by atoms with Gasteiger partial charge in [0.25, 0.3) is 0 Å². The minimum Gasteiger partial charge on any atom is -0.235 e. The summed E-state index contributed by atoms with van der Waals surface area (Å²) in [6, 6.07) is 6.22. The molecule has 0 amide bonds. The van der Waals surface area contributed by atoms with E-state index in [9.17, 15) is 4.39 Å². The zero-order valence-corrected chi connectivity index (χ0v) is 8.64. The monoisotopic (exact) mass is 220 g/mol. The fourth-order valence-electron chi connectivity index (χ4n) is 1.50. The highest BCUT2D eigenvalue weighted by molar-refractivity contribution is 6.31. The summed E-state index contributed by atoms with van der Waals surface area (Å²) < 4.78 is 12.9. The van der Waals surface area contributed by atoms with Crippen LogP contribution in [0.25, 0.3) is 10.9 Å². The number of hydrogen-bond donors (Lipinski definition) is 0. The van der Waals surface area contributed by atoms with Crippen molar-refractivity contribution in [3.63, 3.8) is 0 Å². The molecule has 0 aliphatic carbocycles. The molecule has 0 atom stereocenters. The molecule has 1 aromatic heterocycles. The van der Waals surface area contributed by atoms with E-state index < -0.39 is 0 Å². The highest BCUT2D eigenvalue weighted by Gasteiger charge is 2.10. The predicted molar refractivity (Wildman–Crippen MR) is 56.2 cm³/mol. The summed E-state index contributed by atoms with van der Waals surface area (Å²) in [6.07, 6.45) is 0. The molecule has 0 spiro atoms. The second-order valence-corrected chi connectivity index (χ2v) is 3.53. The quantitative estimate of drug-likeness (QED) is 0.640. The molecular weight excluding hydrogens is 215 g/mol. The minimum absolute atomic E-state index is 0.119. The lowest BCUT2D eigenvalue weighted by Gasteiger charge is -2.05. The van der Waals surface area contributed by atoms with Gasteiger partial charge in [0, 0.05) is 11.5 Å². The van der Waals surface area contributed by atoms with Gasteiger partial charge in [0.05, 0.1) is 11.1 Å². The Bertz CT molecular complexity index is 587. The van der Waals surface area contributed by atoms with Crippen molar-refractivity contribution >= 4 is 22.5 Å². The van der Waals surface area contributed by atoms with Crippen LogP contribution in [-0.2, 0) is 0 Å². The van der Waals surface area contributed by atoms with Gasteiger partial charge in [-0.25, -0.2) is 9.37 Å². The van der Waals surface area contributed by atoms with Crippen LogP contribution in [0.2, 0.25) is 5.15 Å². The molecule has 0 fully saturated rings. The summed E-state index contributed by atoms with van der Waals surface area (Å²) in [7, 11) is 0. The number of fused-ring (bicyclic) bond motifs is 1. The lowest BCUT2D eigenvalue weighted by Crippen LogP contribution is -1.91. The number of aromatic nitrogens is 1. The molecule has 0 bridgehead atoms. The van der Waals surface area contributed by atoms with Crippen molar-refractivity contribution in [2.24, 2.45) is 0 Å². The number of aryl methyl sites for hydroxylation is 1. The fraction of sp³-hybridized carbons (Fsp3) is 0.0909. The van der Waals surface area contributed by atoms with Gasteiger partial charge in [-0.05, 0) is 24.6 Å². The molecule has 0 N–H and O–H groups in total. The van der Waals surface area contributed by atoms with Gasteiger partial charge in [0.2, 0.25) is 0 Å².